The average Bonchev–Trinajstić information content (AvgIpc) is 2.26. The predicted octanol–water partition coefficient (Wildman–Crippen LogP) is 2.94. The van der Waals surface area contributed by atoms with Crippen molar-refractivity contribution in [2.24, 2.45) is 0 Å². The summed E-state index contributed by atoms with van der Waals surface area (Å²) >= 11 is 0. The maximum absolute atomic E-state index is 10.1. The van der Waals surface area contributed by atoms with Crippen LogP contribution in [-0.4, -0.2) is 10.2 Å². The van der Waals surface area contributed by atoms with Gasteiger partial charge in [0.05, 0.1) is 6.10 Å². The number of aromatic hydroxyl groups is 1. The topological polar surface area (TPSA) is 40.5 Å². The lowest BCUT2D eigenvalue weighted by molar-refractivity contribution is 0.193. The maximum atomic E-state index is 10.1. The lowest BCUT2D eigenvalue weighted by atomic mass is 9.82. The normalized spacial score (nSPS) is 17.0. The quantitative estimate of drug-likeness (QED) is 0.764. The van der Waals surface area contributed by atoms with E-state index < -0.39 is 6.10 Å². The third-order valence-electron chi connectivity index (χ3n) is 3.81. The van der Waals surface area contributed by atoms with E-state index in [-0.39, 0.29) is 0 Å². The zero-order valence-corrected chi connectivity index (χ0v) is 10.3. The van der Waals surface area contributed by atoms with Crippen molar-refractivity contribution >= 4 is 0 Å². The van der Waals surface area contributed by atoms with Crippen LogP contribution in [0.1, 0.15) is 53.7 Å². The average molecular weight is 220 g/mol. The third-order valence-corrected chi connectivity index (χ3v) is 3.81. The van der Waals surface area contributed by atoms with Gasteiger partial charge in [0.2, 0.25) is 0 Å². The van der Waals surface area contributed by atoms with Crippen LogP contribution in [0.4, 0.5) is 0 Å². The molecule has 0 bridgehead atoms. The lowest BCUT2D eigenvalue weighted by Gasteiger charge is -2.25. The van der Waals surface area contributed by atoms with E-state index in [0.717, 1.165) is 29.5 Å². The molecule has 0 amide bonds. The molecule has 0 aliphatic heterocycles. The summed E-state index contributed by atoms with van der Waals surface area (Å²) < 4.78 is 0. The Morgan fingerprint density at radius 2 is 1.50 bits per heavy atom. The van der Waals surface area contributed by atoms with E-state index in [0.29, 0.717) is 5.75 Å². The molecule has 88 valence electrons. The summed E-state index contributed by atoms with van der Waals surface area (Å²) in [6, 6.07) is 0. The van der Waals surface area contributed by atoms with Gasteiger partial charge in [-0.3, -0.25) is 0 Å². The van der Waals surface area contributed by atoms with Gasteiger partial charge in [0.15, 0.2) is 0 Å². The molecule has 0 saturated heterocycles. The van der Waals surface area contributed by atoms with Crippen molar-refractivity contribution in [1.82, 2.24) is 0 Å². The van der Waals surface area contributed by atoms with Gasteiger partial charge in [0.1, 0.15) is 5.75 Å². The number of phenolic OH excluding ortho intramolecular Hbond substituents is 1. The standard InChI is InChI=1S/C14H20O2/c1-8-11-6-4-5-7-12(11)9(2)14(16)13(8)10(3)15/h10,15-16H,4-7H2,1-3H3. The van der Waals surface area contributed by atoms with Crippen LogP contribution in [0.2, 0.25) is 0 Å². The maximum Gasteiger partial charge on any atom is 0.124 e. The van der Waals surface area contributed by atoms with E-state index in [1.54, 1.807) is 6.92 Å². The molecule has 0 spiro atoms. The van der Waals surface area contributed by atoms with E-state index in [4.69, 9.17) is 0 Å². The van der Waals surface area contributed by atoms with Gasteiger partial charge in [-0.2, -0.15) is 0 Å². The summed E-state index contributed by atoms with van der Waals surface area (Å²) in [5.74, 6) is 0.299. The van der Waals surface area contributed by atoms with E-state index >= 15 is 0 Å². The molecule has 16 heavy (non-hydrogen) atoms. The largest absolute Gasteiger partial charge is 0.507 e. The summed E-state index contributed by atoms with van der Waals surface area (Å²) in [6.45, 7) is 5.70. The molecule has 0 aromatic heterocycles. The molecule has 1 aromatic rings. The Kier molecular flexibility index (Phi) is 2.94. The van der Waals surface area contributed by atoms with Crippen LogP contribution in [0.5, 0.6) is 5.75 Å². The molecule has 1 aromatic carbocycles. The minimum absolute atomic E-state index is 0.299. The van der Waals surface area contributed by atoms with E-state index in [1.165, 1.54) is 24.0 Å². The van der Waals surface area contributed by atoms with E-state index in [9.17, 15) is 10.2 Å². The van der Waals surface area contributed by atoms with Crippen LogP contribution >= 0.6 is 0 Å². The number of fused-ring (bicyclic) bond motifs is 1. The molecule has 1 atom stereocenters. The van der Waals surface area contributed by atoms with Crippen molar-refractivity contribution in [2.45, 2.75) is 52.6 Å². The Morgan fingerprint density at radius 3 is 2.00 bits per heavy atom. The monoisotopic (exact) mass is 220 g/mol. The fourth-order valence-electron chi connectivity index (χ4n) is 2.93. The molecule has 0 heterocycles. The number of aliphatic hydroxyl groups excluding tert-OH is 1. The second-order valence-electron chi connectivity index (χ2n) is 4.85. The number of phenols is 1. The van der Waals surface area contributed by atoms with Gasteiger partial charge in [-0.1, -0.05) is 0 Å². The van der Waals surface area contributed by atoms with Crippen LogP contribution in [-0.2, 0) is 12.8 Å². The Labute approximate surface area is 96.9 Å². The summed E-state index contributed by atoms with van der Waals surface area (Å²) in [5, 5.41) is 19.9. The van der Waals surface area contributed by atoms with Crippen molar-refractivity contribution in [2.75, 3.05) is 0 Å². The molecule has 2 rings (SSSR count). The number of hydrogen-bond acceptors (Lipinski definition) is 2. The Hall–Kier alpha value is -1.02. The third kappa shape index (κ3) is 1.61. The fourth-order valence-corrected chi connectivity index (χ4v) is 2.93. The Morgan fingerprint density at radius 1 is 1.00 bits per heavy atom. The number of benzene rings is 1. The number of aliphatic hydroxyl groups is 1. The highest BCUT2D eigenvalue weighted by Crippen LogP contribution is 2.39. The number of rotatable bonds is 1. The van der Waals surface area contributed by atoms with Gasteiger partial charge in [0, 0.05) is 5.56 Å². The Balaban J connectivity index is 2.70. The first kappa shape index (κ1) is 11.5. The van der Waals surface area contributed by atoms with Gasteiger partial charge in [-0.25, -0.2) is 0 Å². The molecule has 1 unspecified atom stereocenters. The smallest absolute Gasteiger partial charge is 0.124 e. The van der Waals surface area contributed by atoms with Crippen LogP contribution in [0, 0.1) is 13.8 Å². The highest BCUT2D eigenvalue weighted by atomic mass is 16.3. The predicted molar refractivity (Wildman–Crippen MR) is 64.9 cm³/mol. The zero-order valence-electron chi connectivity index (χ0n) is 10.3. The fraction of sp³-hybridized carbons (Fsp3) is 0.571. The summed E-state index contributed by atoms with van der Waals surface area (Å²) in [4.78, 5) is 0. The molecule has 1 aliphatic rings. The summed E-state index contributed by atoms with van der Waals surface area (Å²) in [7, 11) is 0. The Bertz CT molecular complexity index is 419. The second kappa shape index (κ2) is 4.10. The van der Waals surface area contributed by atoms with Crippen LogP contribution in [0.15, 0.2) is 0 Å². The molecule has 1 aliphatic carbocycles. The van der Waals surface area contributed by atoms with Crippen LogP contribution in [0.3, 0.4) is 0 Å². The van der Waals surface area contributed by atoms with Crippen molar-refractivity contribution in [3.63, 3.8) is 0 Å². The zero-order chi connectivity index (χ0) is 11.9. The molecule has 0 radical (unpaired) electrons. The molecule has 2 heteroatoms. The van der Waals surface area contributed by atoms with Gasteiger partial charge in [-0.05, 0) is 68.7 Å². The van der Waals surface area contributed by atoms with Crippen LogP contribution < -0.4 is 0 Å². The van der Waals surface area contributed by atoms with Crippen molar-refractivity contribution in [3.8, 4) is 5.75 Å². The van der Waals surface area contributed by atoms with Crippen LogP contribution in [0.25, 0.3) is 0 Å². The van der Waals surface area contributed by atoms with Crippen molar-refractivity contribution in [1.29, 1.82) is 0 Å². The summed E-state index contributed by atoms with van der Waals surface area (Å²) in [6.07, 6.45) is 3.99. The number of hydrogen-bond donors (Lipinski definition) is 2. The van der Waals surface area contributed by atoms with Gasteiger partial charge >= 0.3 is 0 Å². The molecule has 2 nitrogen and oxygen atoms in total. The molecular weight excluding hydrogens is 200 g/mol. The SMILES string of the molecule is Cc1c(O)c(C(C)O)c(C)c2c1CCCC2. The molecule has 0 saturated carbocycles. The van der Waals surface area contributed by atoms with Crippen molar-refractivity contribution < 1.29 is 10.2 Å². The van der Waals surface area contributed by atoms with Gasteiger partial charge in [-0.15, -0.1) is 0 Å². The van der Waals surface area contributed by atoms with Gasteiger partial charge < -0.3 is 10.2 Å². The first-order valence-corrected chi connectivity index (χ1v) is 6.05. The highest BCUT2D eigenvalue weighted by Gasteiger charge is 2.22. The second-order valence-corrected chi connectivity index (χ2v) is 4.85. The lowest BCUT2D eigenvalue weighted by Crippen LogP contribution is -2.11. The first-order valence-electron chi connectivity index (χ1n) is 6.05. The summed E-state index contributed by atoms with van der Waals surface area (Å²) in [5.41, 5.74) is 5.45. The minimum Gasteiger partial charge on any atom is -0.507 e. The van der Waals surface area contributed by atoms with E-state index in [2.05, 4.69) is 0 Å². The van der Waals surface area contributed by atoms with Crippen molar-refractivity contribution in [3.05, 3.63) is 27.8 Å². The molecular formula is C14H20O2. The highest BCUT2D eigenvalue weighted by molar-refractivity contribution is 5.55. The molecule has 0 fully saturated rings. The minimum atomic E-state index is -0.592. The van der Waals surface area contributed by atoms with E-state index in [1.807, 2.05) is 13.8 Å². The van der Waals surface area contributed by atoms with Gasteiger partial charge in [0.25, 0.3) is 0 Å². The molecule has 2 N–H and O–H groups in total. The first-order chi connectivity index (χ1) is 7.54.